The predicted octanol–water partition coefficient (Wildman–Crippen LogP) is 6.16. The maximum atomic E-state index is 13.4. The lowest BCUT2D eigenvalue weighted by molar-refractivity contribution is -0.143. The van der Waals surface area contributed by atoms with Crippen LogP contribution in [0.15, 0.2) is 46.9 Å². The van der Waals surface area contributed by atoms with E-state index in [4.69, 9.17) is 4.74 Å². The second kappa shape index (κ2) is 12.4. The summed E-state index contributed by atoms with van der Waals surface area (Å²) in [4.78, 5) is 28.1. The number of nitrogens with zero attached hydrogens (tertiary/aromatic N) is 1. The van der Waals surface area contributed by atoms with Gasteiger partial charge in [-0.2, -0.15) is 0 Å². The van der Waals surface area contributed by atoms with Crippen molar-refractivity contribution in [1.82, 2.24) is 10.2 Å². The van der Waals surface area contributed by atoms with E-state index in [-0.39, 0.29) is 29.9 Å². The first kappa shape index (κ1) is 27.9. The van der Waals surface area contributed by atoms with Crippen LogP contribution in [-0.2, 0) is 21.5 Å². The van der Waals surface area contributed by atoms with Crippen LogP contribution in [0, 0.1) is 6.92 Å². The minimum atomic E-state index is -0.572. The lowest BCUT2D eigenvalue weighted by atomic mass is 9.87. The molecule has 0 heterocycles. The monoisotopic (exact) mass is 530 g/mol. The predicted molar refractivity (Wildman–Crippen MR) is 142 cm³/mol. The van der Waals surface area contributed by atoms with E-state index in [1.165, 1.54) is 5.56 Å². The summed E-state index contributed by atoms with van der Waals surface area (Å²) in [5, 5.41) is 3.04. The number of benzene rings is 2. The first-order valence-corrected chi connectivity index (χ1v) is 12.8. The number of halogens is 1. The zero-order valence-corrected chi connectivity index (χ0v) is 23.2. The highest BCUT2D eigenvalue weighted by Crippen LogP contribution is 2.31. The minimum Gasteiger partial charge on any atom is -0.483 e. The standard InChI is InChI=1S/C28H39BrN2O3/c1-8-20(4)30-27(33)24(9-2)31(17-21-12-10-11-19(3)15-21)26(32)18-34-25-14-13-22(16-23(25)29)28(5,6)7/h10-16,20,24H,8-9,17-18H2,1-7H3,(H,30,33)/t20-,24+/m1/s1. The van der Waals surface area contributed by atoms with Gasteiger partial charge in [0.05, 0.1) is 4.47 Å². The molecule has 0 aliphatic rings. The van der Waals surface area contributed by atoms with Crippen molar-refractivity contribution in [2.45, 2.75) is 85.4 Å². The topological polar surface area (TPSA) is 58.6 Å². The molecule has 0 fully saturated rings. The number of amides is 2. The van der Waals surface area contributed by atoms with Gasteiger partial charge in [0.25, 0.3) is 5.91 Å². The van der Waals surface area contributed by atoms with E-state index in [0.717, 1.165) is 22.0 Å². The molecule has 0 unspecified atom stereocenters. The Morgan fingerprint density at radius 3 is 2.35 bits per heavy atom. The fourth-order valence-corrected chi connectivity index (χ4v) is 4.17. The third-order valence-electron chi connectivity index (χ3n) is 5.97. The van der Waals surface area contributed by atoms with Crippen LogP contribution in [0.4, 0.5) is 0 Å². The van der Waals surface area contributed by atoms with Crippen molar-refractivity contribution in [3.63, 3.8) is 0 Å². The first-order chi connectivity index (χ1) is 16.0. The van der Waals surface area contributed by atoms with Crippen LogP contribution in [0.2, 0.25) is 0 Å². The van der Waals surface area contributed by atoms with Crippen LogP contribution in [0.5, 0.6) is 5.75 Å². The van der Waals surface area contributed by atoms with Gasteiger partial charge >= 0.3 is 0 Å². The number of carbonyl (C=O) groups excluding carboxylic acids is 2. The van der Waals surface area contributed by atoms with Crippen molar-refractivity contribution in [3.8, 4) is 5.75 Å². The number of hydrogen-bond donors (Lipinski definition) is 1. The van der Waals surface area contributed by atoms with Crippen molar-refractivity contribution < 1.29 is 14.3 Å². The summed E-state index contributed by atoms with van der Waals surface area (Å²) in [6, 6.07) is 13.4. The number of carbonyl (C=O) groups is 2. The lowest BCUT2D eigenvalue weighted by Crippen LogP contribution is -2.51. The molecule has 2 atom stereocenters. The summed E-state index contributed by atoms with van der Waals surface area (Å²) in [6.07, 6.45) is 1.35. The summed E-state index contributed by atoms with van der Waals surface area (Å²) in [6.45, 7) is 14.6. The molecule has 1 N–H and O–H groups in total. The normalized spacial score (nSPS) is 13.2. The van der Waals surface area contributed by atoms with Gasteiger partial charge in [0.15, 0.2) is 6.61 Å². The van der Waals surface area contributed by atoms with Gasteiger partial charge in [0.1, 0.15) is 11.8 Å². The van der Waals surface area contributed by atoms with Gasteiger partial charge in [0.2, 0.25) is 5.91 Å². The number of ether oxygens (including phenoxy) is 1. The van der Waals surface area contributed by atoms with E-state index < -0.39 is 6.04 Å². The second-order valence-corrected chi connectivity index (χ2v) is 10.8. The second-order valence-electron chi connectivity index (χ2n) is 9.94. The van der Waals surface area contributed by atoms with E-state index in [1.807, 2.05) is 70.2 Å². The van der Waals surface area contributed by atoms with E-state index in [0.29, 0.717) is 18.7 Å². The Morgan fingerprint density at radius 1 is 1.09 bits per heavy atom. The van der Waals surface area contributed by atoms with Gasteiger partial charge in [-0.25, -0.2) is 0 Å². The smallest absolute Gasteiger partial charge is 0.261 e. The summed E-state index contributed by atoms with van der Waals surface area (Å²) >= 11 is 3.58. The summed E-state index contributed by atoms with van der Waals surface area (Å²) in [7, 11) is 0. The number of aryl methyl sites for hydroxylation is 1. The van der Waals surface area contributed by atoms with Gasteiger partial charge in [-0.05, 0) is 71.3 Å². The van der Waals surface area contributed by atoms with Crippen molar-refractivity contribution >= 4 is 27.7 Å². The molecule has 186 valence electrons. The van der Waals surface area contributed by atoms with Crippen LogP contribution in [0.1, 0.15) is 71.1 Å². The molecule has 0 aliphatic heterocycles. The molecule has 5 nitrogen and oxygen atoms in total. The van der Waals surface area contributed by atoms with Gasteiger partial charge in [0, 0.05) is 12.6 Å². The molecule has 2 rings (SSSR count). The molecule has 0 saturated carbocycles. The van der Waals surface area contributed by atoms with Gasteiger partial charge in [-0.1, -0.05) is 70.5 Å². The Morgan fingerprint density at radius 2 is 1.79 bits per heavy atom. The highest BCUT2D eigenvalue weighted by atomic mass is 79.9. The molecule has 2 amide bonds. The average molecular weight is 532 g/mol. The van der Waals surface area contributed by atoms with Crippen molar-refractivity contribution in [3.05, 3.63) is 63.6 Å². The molecule has 0 radical (unpaired) electrons. The minimum absolute atomic E-state index is 0.0127. The molecular formula is C28H39BrN2O3. The molecule has 2 aromatic carbocycles. The van der Waals surface area contributed by atoms with Gasteiger partial charge in [-0.15, -0.1) is 0 Å². The molecule has 34 heavy (non-hydrogen) atoms. The van der Waals surface area contributed by atoms with Crippen LogP contribution in [-0.4, -0.2) is 35.4 Å². The lowest BCUT2D eigenvalue weighted by Gasteiger charge is -2.31. The summed E-state index contributed by atoms with van der Waals surface area (Å²) < 4.78 is 6.72. The SMILES string of the molecule is CC[C@@H](C)NC(=O)[C@H](CC)N(Cc1cccc(C)c1)C(=O)COc1ccc(C(C)(C)C)cc1Br. The maximum absolute atomic E-state index is 13.4. The molecule has 0 bridgehead atoms. The maximum Gasteiger partial charge on any atom is 0.261 e. The Balaban J connectivity index is 2.25. The zero-order chi connectivity index (χ0) is 25.5. The fraction of sp³-hybridized carbons (Fsp3) is 0.500. The van der Waals surface area contributed by atoms with Gasteiger partial charge in [-0.3, -0.25) is 9.59 Å². The van der Waals surface area contributed by atoms with E-state index in [2.05, 4.69) is 42.0 Å². The van der Waals surface area contributed by atoms with Crippen molar-refractivity contribution in [2.24, 2.45) is 0 Å². The van der Waals surface area contributed by atoms with E-state index in [9.17, 15) is 9.59 Å². The highest BCUT2D eigenvalue weighted by molar-refractivity contribution is 9.10. The molecule has 2 aromatic rings. The third kappa shape index (κ3) is 7.86. The Labute approximate surface area is 213 Å². The van der Waals surface area contributed by atoms with Gasteiger partial charge < -0.3 is 15.0 Å². The van der Waals surface area contributed by atoms with E-state index in [1.54, 1.807) is 4.90 Å². The number of rotatable bonds is 10. The first-order valence-electron chi connectivity index (χ1n) is 12.0. The van der Waals surface area contributed by atoms with E-state index >= 15 is 0 Å². The Kier molecular flexibility index (Phi) is 10.2. The quantitative estimate of drug-likeness (QED) is 0.400. The van der Waals surface area contributed by atoms with Crippen LogP contribution in [0.3, 0.4) is 0 Å². The Bertz CT molecular complexity index is 984. The third-order valence-corrected chi connectivity index (χ3v) is 6.59. The molecule has 0 spiro atoms. The largest absolute Gasteiger partial charge is 0.483 e. The van der Waals surface area contributed by atoms with Crippen LogP contribution in [0.25, 0.3) is 0 Å². The van der Waals surface area contributed by atoms with Crippen molar-refractivity contribution in [2.75, 3.05) is 6.61 Å². The fourth-order valence-electron chi connectivity index (χ4n) is 3.67. The molecule has 6 heteroatoms. The molecule has 0 aliphatic carbocycles. The summed E-state index contributed by atoms with van der Waals surface area (Å²) in [5.41, 5.74) is 3.28. The zero-order valence-electron chi connectivity index (χ0n) is 21.6. The highest BCUT2D eigenvalue weighted by Gasteiger charge is 2.29. The average Bonchev–Trinajstić information content (AvgIpc) is 2.77. The number of hydrogen-bond acceptors (Lipinski definition) is 3. The molecule has 0 saturated heterocycles. The van der Waals surface area contributed by atoms with Crippen molar-refractivity contribution in [1.29, 1.82) is 0 Å². The Hall–Kier alpha value is -2.34. The van der Waals surface area contributed by atoms with Crippen LogP contribution < -0.4 is 10.1 Å². The number of nitrogens with one attached hydrogen (secondary N) is 1. The molecular weight excluding hydrogens is 492 g/mol. The molecule has 0 aromatic heterocycles. The van der Waals surface area contributed by atoms with Crippen LogP contribution >= 0.6 is 15.9 Å². The summed E-state index contributed by atoms with van der Waals surface area (Å²) in [5.74, 6) is 0.252.